The fourth-order valence-corrected chi connectivity index (χ4v) is 1.74. The van der Waals surface area contributed by atoms with E-state index in [0.717, 1.165) is 31.6 Å². The molecule has 1 aromatic rings. The lowest BCUT2D eigenvalue weighted by Crippen LogP contribution is -2.24. The monoisotopic (exact) mass is 246 g/mol. The molecule has 0 aliphatic heterocycles. The van der Waals surface area contributed by atoms with Crippen LogP contribution in [0, 0.1) is 0 Å². The van der Waals surface area contributed by atoms with E-state index in [2.05, 4.69) is 0 Å². The van der Waals surface area contributed by atoms with Gasteiger partial charge in [-0.2, -0.15) is 13.2 Å². The summed E-state index contributed by atoms with van der Waals surface area (Å²) >= 11 is 0. The summed E-state index contributed by atoms with van der Waals surface area (Å²) in [5.41, 5.74) is 5.83. The highest BCUT2D eigenvalue weighted by Crippen LogP contribution is 2.34. The van der Waals surface area contributed by atoms with Crippen molar-refractivity contribution in [1.29, 1.82) is 0 Å². The summed E-state index contributed by atoms with van der Waals surface area (Å²) in [6.07, 6.45) is -3.41. The Hall–Kier alpha value is -1.39. The second-order valence-electron chi connectivity index (χ2n) is 3.85. The molecule has 0 saturated heterocycles. The van der Waals surface area contributed by atoms with Crippen LogP contribution in [0.25, 0.3) is 0 Å². The number of benzene rings is 1. The molecule has 0 saturated carbocycles. The molecule has 96 valence electrons. The van der Waals surface area contributed by atoms with Crippen molar-refractivity contribution in [3.8, 4) is 0 Å². The van der Waals surface area contributed by atoms with Gasteiger partial charge in [-0.3, -0.25) is 0 Å². The van der Waals surface area contributed by atoms with E-state index in [0.29, 0.717) is 5.69 Å². The molecule has 0 spiro atoms. The fourth-order valence-electron chi connectivity index (χ4n) is 1.74. The highest BCUT2D eigenvalue weighted by molar-refractivity contribution is 5.68. The largest absolute Gasteiger partial charge is 0.416 e. The van der Waals surface area contributed by atoms with Crippen LogP contribution >= 0.6 is 0 Å². The van der Waals surface area contributed by atoms with Crippen molar-refractivity contribution >= 4 is 11.4 Å². The number of anilines is 2. The van der Waals surface area contributed by atoms with E-state index in [1.54, 1.807) is 0 Å². The van der Waals surface area contributed by atoms with Gasteiger partial charge in [0.25, 0.3) is 0 Å². The minimum absolute atomic E-state index is 0.176. The average molecular weight is 246 g/mol. The van der Waals surface area contributed by atoms with Gasteiger partial charge in [-0.1, -0.05) is 6.92 Å². The molecular formula is C12H17F3N2. The minimum atomic E-state index is -4.34. The summed E-state index contributed by atoms with van der Waals surface area (Å²) in [6.45, 7) is 5.48. The number of rotatable bonds is 4. The molecule has 0 heterocycles. The van der Waals surface area contributed by atoms with Crippen LogP contribution in [-0.2, 0) is 6.18 Å². The Morgan fingerprint density at radius 2 is 1.88 bits per heavy atom. The van der Waals surface area contributed by atoms with Crippen molar-refractivity contribution in [2.45, 2.75) is 26.4 Å². The van der Waals surface area contributed by atoms with E-state index in [1.807, 2.05) is 18.7 Å². The van der Waals surface area contributed by atoms with Gasteiger partial charge >= 0.3 is 6.18 Å². The lowest BCUT2D eigenvalue weighted by molar-refractivity contribution is -0.137. The van der Waals surface area contributed by atoms with Crippen LogP contribution in [0.2, 0.25) is 0 Å². The predicted molar refractivity (Wildman–Crippen MR) is 64.0 cm³/mol. The molecule has 0 aliphatic rings. The van der Waals surface area contributed by atoms with E-state index in [1.165, 1.54) is 6.07 Å². The molecule has 1 rings (SSSR count). The number of halogens is 3. The standard InChI is InChI=1S/C12H17F3N2/c1-3-7-17(4-2)11-6-5-9(8-10(11)16)12(13,14)15/h5-6,8H,3-4,7,16H2,1-2H3. The van der Waals surface area contributed by atoms with Gasteiger partial charge in [-0.25, -0.2) is 0 Å². The molecule has 0 bridgehead atoms. The van der Waals surface area contributed by atoms with Gasteiger partial charge in [-0.05, 0) is 31.5 Å². The van der Waals surface area contributed by atoms with Crippen LogP contribution < -0.4 is 10.6 Å². The number of nitrogens with zero attached hydrogens (tertiary/aromatic N) is 1. The zero-order valence-electron chi connectivity index (χ0n) is 10.0. The molecule has 17 heavy (non-hydrogen) atoms. The maximum Gasteiger partial charge on any atom is 0.416 e. The first-order valence-electron chi connectivity index (χ1n) is 5.61. The lowest BCUT2D eigenvalue weighted by Gasteiger charge is -2.24. The average Bonchev–Trinajstić information content (AvgIpc) is 2.25. The molecule has 2 N–H and O–H groups in total. The quantitative estimate of drug-likeness (QED) is 0.823. The Kier molecular flexibility index (Phi) is 4.26. The summed E-state index contributed by atoms with van der Waals surface area (Å²) in [5.74, 6) is 0. The Bertz CT molecular complexity index is 375. The summed E-state index contributed by atoms with van der Waals surface area (Å²) < 4.78 is 37.4. The van der Waals surface area contributed by atoms with Crippen LogP contribution in [0.15, 0.2) is 18.2 Å². The van der Waals surface area contributed by atoms with Gasteiger partial charge in [0, 0.05) is 13.1 Å². The predicted octanol–water partition coefficient (Wildman–Crippen LogP) is 3.52. The van der Waals surface area contributed by atoms with Gasteiger partial charge in [-0.15, -0.1) is 0 Å². The van der Waals surface area contributed by atoms with Gasteiger partial charge in [0.1, 0.15) is 0 Å². The van der Waals surface area contributed by atoms with Gasteiger partial charge in [0.15, 0.2) is 0 Å². The van der Waals surface area contributed by atoms with Crippen LogP contribution in [0.5, 0.6) is 0 Å². The van der Waals surface area contributed by atoms with Gasteiger partial charge in [0.05, 0.1) is 16.9 Å². The topological polar surface area (TPSA) is 29.3 Å². The zero-order valence-corrected chi connectivity index (χ0v) is 10.0. The first kappa shape index (κ1) is 13.7. The highest BCUT2D eigenvalue weighted by Gasteiger charge is 2.31. The SMILES string of the molecule is CCCN(CC)c1ccc(C(F)(F)F)cc1N. The first-order chi connectivity index (χ1) is 7.90. The van der Waals surface area contributed by atoms with Crippen molar-refractivity contribution in [2.24, 2.45) is 0 Å². The second-order valence-corrected chi connectivity index (χ2v) is 3.85. The Balaban J connectivity index is 3.04. The third-order valence-corrected chi connectivity index (χ3v) is 2.57. The molecule has 0 unspecified atom stereocenters. The molecule has 0 aromatic heterocycles. The summed E-state index contributed by atoms with van der Waals surface area (Å²) in [5, 5.41) is 0. The highest BCUT2D eigenvalue weighted by atomic mass is 19.4. The Morgan fingerprint density at radius 3 is 2.29 bits per heavy atom. The number of hydrogen-bond acceptors (Lipinski definition) is 2. The van der Waals surface area contributed by atoms with Crippen LogP contribution in [0.4, 0.5) is 24.5 Å². The van der Waals surface area contributed by atoms with Crippen molar-refractivity contribution in [2.75, 3.05) is 23.7 Å². The van der Waals surface area contributed by atoms with Gasteiger partial charge < -0.3 is 10.6 Å². The third-order valence-electron chi connectivity index (χ3n) is 2.57. The number of nitrogens with two attached hydrogens (primary N) is 1. The summed E-state index contributed by atoms with van der Waals surface area (Å²) in [7, 11) is 0. The van der Waals surface area contributed by atoms with E-state index >= 15 is 0 Å². The maximum atomic E-state index is 12.5. The van der Waals surface area contributed by atoms with E-state index in [9.17, 15) is 13.2 Å². The first-order valence-corrected chi connectivity index (χ1v) is 5.61. The van der Waals surface area contributed by atoms with Crippen LogP contribution in [0.3, 0.4) is 0 Å². The van der Waals surface area contributed by atoms with Crippen molar-refractivity contribution in [3.63, 3.8) is 0 Å². The third kappa shape index (κ3) is 3.28. The van der Waals surface area contributed by atoms with E-state index in [-0.39, 0.29) is 5.69 Å². The summed E-state index contributed by atoms with van der Waals surface area (Å²) in [4.78, 5) is 1.97. The number of hydrogen-bond donors (Lipinski definition) is 1. The zero-order chi connectivity index (χ0) is 13.1. The lowest BCUT2D eigenvalue weighted by atomic mass is 10.1. The van der Waals surface area contributed by atoms with Crippen molar-refractivity contribution in [1.82, 2.24) is 0 Å². The molecule has 0 radical (unpaired) electrons. The molecule has 1 aromatic carbocycles. The summed E-state index contributed by atoms with van der Waals surface area (Å²) in [6, 6.07) is 3.51. The molecule has 0 amide bonds. The Morgan fingerprint density at radius 1 is 1.24 bits per heavy atom. The number of alkyl halides is 3. The molecule has 0 fully saturated rings. The van der Waals surface area contributed by atoms with Gasteiger partial charge in [0.2, 0.25) is 0 Å². The smallest absolute Gasteiger partial charge is 0.397 e. The van der Waals surface area contributed by atoms with Crippen LogP contribution in [-0.4, -0.2) is 13.1 Å². The minimum Gasteiger partial charge on any atom is -0.397 e. The normalized spacial score (nSPS) is 11.6. The van der Waals surface area contributed by atoms with E-state index < -0.39 is 11.7 Å². The maximum absolute atomic E-state index is 12.5. The fraction of sp³-hybridized carbons (Fsp3) is 0.500. The second kappa shape index (κ2) is 5.29. The molecule has 2 nitrogen and oxygen atoms in total. The molecular weight excluding hydrogens is 229 g/mol. The molecule has 0 atom stereocenters. The van der Waals surface area contributed by atoms with Crippen LogP contribution in [0.1, 0.15) is 25.8 Å². The molecule has 0 aliphatic carbocycles. The molecule has 5 heteroatoms. The van der Waals surface area contributed by atoms with Crippen molar-refractivity contribution < 1.29 is 13.2 Å². The van der Waals surface area contributed by atoms with E-state index in [4.69, 9.17) is 5.73 Å². The number of nitrogen functional groups attached to an aromatic ring is 1. The Labute approximate surface area is 99.2 Å². The van der Waals surface area contributed by atoms with Crippen molar-refractivity contribution in [3.05, 3.63) is 23.8 Å².